The average molecular weight is 566 g/mol. The third-order valence-electron chi connectivity index (χ3n) is 9.72. The standard InChI is InChI=1S/C16H51N7Si8/c1-17-25(6)22-29(13,14)20(4)28(11,12)21(27(8,9)10)24(5)19(3)31(22,16)23-26(7)18(2)30(17,23)15/h24-26H,1-16H3. The fraction of sp³-hybridized carbons (Fsp3) is 1.00. The van der Waals surface area contributed by atoms with Crippen molar-refractivity contribution in [1.82, 2.24) is 28.6 Å². The zero-order valence-corrected chi connectivity index (χ0v) is 31.8. The third kappa shape index (κ3) is 3.26. The SMILES string of the molecule is CN1[Si](C)(C)N([Si](C)(C)C)[SiH](C)N(C)[Si]2(C)N([SiH](C)N(C)[Si]3(C)N(C)[SiH](C)N32)[Si]1(C)C. The van der Waals surface area contributed by atoms with E-state index in [1.165, 1.54) is 0 Å². The molecule has 0 saturated carbocycles. The molecule has 15 heteroatoms. The van der Waals surface area contributed by atoms with Crippen LogP contribution in [0.3, 0.4) is 0 Å². The summed E-state index contributed by atoms with van der Waals surface area (Å²) in [6.07, 6.45) is 0. The molecule has 0 spiro atoms. The van der Waals surface area contributed by atoms with Crippen LogP contribution in [0.1, 0.15) is 0 Å². The Bertz CT molecular complexity index is 737. The van der Waals surface area contributed by atoms with Gasteiger partial charge in [0.15, 0.2) is 44.2 Å². The van der Waals surface area contributed by atoms with Gasteiger partial charge in [-0.3, -0.25) is 0 Å². The molecule has 7 nitrogen and oxygen atoms in total. The van der Waals surface area contributed by atoms with E-state index < -0.39 is 69.5 Å². The van der Waals surface area contributed by atoms with E-state index in [2.05, 4.69) is 135 Å². The van der Waals surface area contributed by atoms with Crippen LogP contribution in [-0.2, 0) is 0 Å². The van der Waals surface area contributed by atoms with Crippen LogP contribution in [-0.4, -0.2) is 126 Å². The van der Waals surface area contributed by atoms with Crippen LogP contribution in [0.4, 0.5) is 0 Å². The molecular formula is C16H51N7Si8. The van der Waals surface area contributed by atoms with Crippen molar-refractivity contribution in [3.63, 3.8) is 0 Å². The van der Waals surface area contributed by atoms with Crippen molar-refractivity contribution in [3.05, 3.63) is 0 Å². The first-order valence-corrected chi connectivity index (χ1v) is 32.5. The maximum atomic E-state index is 3.31. The second kappa shape index (κ2) is 7.72. The minimum atomic E-state index is -1.94. The maximum Gasteiger partial charge on any atom is 0.263 e. The molecule has 3 aliphatic heterocycles. The second-order valence-electron chi connectivity index (χ2n) is 12.5. The monoisotopic (exact) mass is 565 g/mol. The van der Waals surface area contributed by atoms with Gasteiger partial charge < -0.3 is 28.6 Å². The Labute approximate surface area is 204 Å². The van der Waals surface area contributed by atoms with Gasteiger partial charge in [-0.1, -0.05) is 19.6 Å². The zero-order chi connectivity index (χ0) is 24.3. The van der Waals surface area contributed by atoms with Gasteiger partial charge in [-0.05, 0) is 87.1 Å². The lowest BCUT2D eigenvalue weighted by Crippen LogP contribution is -3.06. The smallest absolute Gasteiger partial charge is 0.263 e. The van der Waals surface area contributed by atoms with Crippen LogP contribution < -0.4 is 0 Å². The van der Waals surface area contributed by atoms with E-state index >= 15 is 0 Å². The van der Waals surface area contributed by atoms with E-state index in [1.807, 2.05) is 0 Å². The Morgan fingerprint density at radius 1 is 0.548 bits per heavy atom. The molecule has 0 aromatic heterocycles. The van der Waals surface area contributed by atoms with Gasteiger partial charge in [0.05, 0.1) is 0 Å². The lowest BCUT2D eigenvalue weighted by molar-refractivity contribution is 0.392. The highest BCUT2D eigenvalue weighted by Gasteiger charge is 2.75. The number of fused-ring (bicyclic) bond motifs is 3. The average Bonchev–Trinajstić information content (AvgIpc) is 2.62. The van der Waals surface area contributed by atoms with Crippen molar-refractivity contribution in [1.29, 1.82) is 0 Å². The summed E-state index contributed by atoms with van der Waals surface area (Å²) in [7, 11) is -2.06. The van der Waals surface area contributed by atoms with Crippen molar-refractivity contribution < 1.29 is 0 Å². The molecule has 0 radical (unpaired) electrons. The summed E-state index contributed by atoms with van der Waals surface area (Å²) in [5.74, 6) is 0. The molecule has 0 aromatic rings. The molecule has 31 heavy (non-hydrogen) atoms. The summed E-state index contributed by atoms with van der Waals surface area (Å²) >= 11 is 0. The van der Waals surface area contributed by atoms with E-state index in [1.54, 1.807) is 0 Å². The molecule has 0 amide bonds. The van der Waals surface area contributed by atoms with Crippen molar-refractivity contribution in [3.8, 4) is 0 Å². The van der Waals surface area contributed by atoms with E-state index in [9.17, 15) is 0 Å². The first kappa shape index (κ1) is 27.0. The topological polar surface area (TPSA) is 22.7 Å². The lowest BCUT2D eigenvalue weighted by atomic mass is 11.6. The first-order chi connectivity index (χ1) is 13.7. The zero-order valence-electron chi connectivity index (χ0n) is 23.4. The summed E-state index contributed by atoms with van der Waals surface area (Å²) in [6.45, 7) is 32.1. The highest BCUT2D eigenvalue weighted by Crippen LogP contribution is 2.47. The van der Waals surface area contributed by atoms with Crippen molar-refractivity contribution in [2.24, 2.45) is 0 Å². The predicted molar refractivity (Wildman–Crippen MR) is 157 cm³/mol. The molecule has 5 atom stereocenters. The molecule has 0 bridgehead atoms. The van der Waals surface area contributed by atoms with Gasteiger partial charge in [0, 0.05) is 0 Å². The fourth-order valence-electron chi connectivity index (χ4n) is 7.84. The molecule has 182 valence electrons. The fourth-order valence-corrected chi connectivity index (χ4v) is 81.1. The Morgan fingerprint density at radius 2 is 0.935 bits per heavy atom. The molecular weight excluding hydrogens is 515 g/mol. The summed E-state index contributed by atoms with van der Waals surface area (Å²) in [6, 6.07) is 0. The van der Waals surface area contributed by atoms with E-state index in [0.717, 1.165) is 0 Å². The third-order valence-corrected chi connectivity index (χ3v) is 66.6. The van der Waals surface area contributed by atoms with Crippen LogP contribution in [0.5, 0.6) is 0 Å². The molecule has 0 N–H and O–H groups in total. The van der Waals surface area contributed by atoms with Crippen molar-refractivity contribution in [2.75, 3.05) is 28.2 Å². The van der Waals surface area contributed by atoms with Gasteiger partial charge in [-0.25, -0.2) is 0 Å². The van der Waals surface area contributed by atoms with Crippen LogP contribution in [0.25, 0.3) is 0 Å². The summed E-state index contributed by atoms with van der Waals surface area (Å²) in [5.41, 5.74) is 0. The molecule has 3 fully saturated rings. The minimum Gasteiger partial charge on any atom is -0.347 e. The Balaban J connectivity index is 2.32. The van der Waals surface area contributed by atoms with E-state index in [0.29, 0.717) is 0 Å². The number of hydrogen-bond donors (Lipinski definition) is 0. The molecule has 0 aromatic carbocycles. The van der Waals surface area contributed by atoms with Gasteiger partial charge in [-0.2, -0.15) is 0 Å². The van der Waals surface area contributed by atoms with E-state index in [4.69, 9.17) is 0 Å². The lowest BCUT2D eigenvalue weighted by Gasteiger charge is -2.80. The number of nitrogens with zero attached hydrogens (tertiary/aromatic N) is 7. The van der Waals surface area contributed by atoms with Gasteiger partial charge in [0.2, 0.25) is 0 Å². The van der Waals surface area contributed by atoms with Crippen LogP contribution in [0.15, 0.2) is 0 Å². The van der Waals surface area contributed by atoms with Crippen LogP contribution in [0, 0.1) is 0 Å². The Hall–Kier alpha value is 1.46. The quantitative estimate of drug-likeness (QED) is 0.445. The molecule has 0 aliphatic carbocycles. The molecule has 3 heterocycles. The highest BCUT2D eigenvalue weighted by atomic mass is 28.6. The normalized spacial score (nSPS) is 44.3. The Kier molecular flexibility index (Phi) is 6.74. The van der Waals surface area contributed by atoms with Crippen LogP contribution in [0.2, 0.25) is 78.6 Å². The second-order valence-corrected chi connectivity index (χ2v) is 47.2. The van der Waals surface area contributed by atoms with Crippen LogP contribution >= 0.6 is 0 Å². The van der Waals surface area contributed by atoms with Crippen molar-refractivity contribution in [2.45, 2.75) is 78.6 Å². The van der Waals surface area contributed by atoms with Gasteiger partial charge in [0.25, 0.3) is 17.1 Å². The molecule has 3 saturated heterocycles. The van der Waals surface area contributed by atoms with Gasteiger partial charge in [0.1, 0.15) is 8.24 Å². The first-order valence-electron chi connectivity index (χ1n) is 12.0. The predicted octanol–water partition coefficient (Wildman–Crippen LogP) is 1.59. The number of rotatable bonds is 1. The van der Waals surface area contributed by atoms with Crippen molar-refractivity contribution >= 4 is 69.5 Å². The molecule has 5 unspecified atom stereocenters. The highest BCUT2D eigenvalue weighted by molar-refractivity contribution is 7.18. The van der Waals surface area contributed by atoms with Gasteiger partial charge >= 0.3 is 0 Å². The summed E-state index contributed by atoms with van der Waals surface area (Å²) < 4.78 is 21.8. The maximum absolute atomic E-state index is 3.31. The van der Waals surface area contributed by atoms with Gasteiger partial charge in [-0.15, -0.1) is 0 Å². The summed E-state index contributed by atoms with van der Waals surface area (Å²) in [4.78, 5) is 0. The summed E-state index contributed by atoms with van der Waals surface area (Å²) in [5, 5.41) is 0. The molecule has 3 rings (SSSR count). The minimum absolute atomic E-state index is 1.05. The Morgan fingerprint density at radius 3 is 1.35 bits per heavy atom. The number of hydrogen-bond acceptors (Lipinski definition) is 7. The van der Waals surface area contributed by atoms with E-state index in [-0.39, 0.29) is 0 Å². The molecule has 3 aliphatic rings. The largest absolute Gasteiger partial charge is 0.347 e.